The van der Waals surface area contributed by atoms with Gasteiger partial charge in [-0.15, -0.1) is 0 Å². The van der Waals surface area contributed by atoms with Crippen LogP contribution in [0.5, 0.6) is 0 Å². The third-order valence-corrected chi connectivity index (χ3v) is 3.47. The first-order valence-corrected chi connectivity index (χ1v) is 6.65. The Balaban J connectivity index is 2.09. The first-order valence-electron chi connectivity index (χ1n) is 5.86. The average Bonchev–Trinajstić information content (AvgIpc) is 2.44. The highest BCUT2D eigenvalue weighted by Crippen LogP contribution is 2.22. The van der Waals surface area contributed by atoms with Crippen LogP contribution in [0.1, 0.15) is 24.2 Å². The van der Waals surface area contributed by atoms with E-state index in [0.29, 0.717) is 0 Å². The summed E-state index contributed by atoms with van der Waals surface area (Å²) in [5.74, 6) is -1.12. The average molecular weight is 327 g/mol. The van der Waals surface area contributed by atoms with Crippen LogP contribution >= 0.6 is 15.9 Å². The van der Waals surface area contributed by atoms with Gasteiger partial charge in [-0.3, -0.25) is 4.98 Å². The summed E-state index contributed by atoms with van der Waals surface area (Å²) >= 11 is 3.05. The molecule has 5 heteroatoms. The van der Waals surface area contributed by atoms with E-state index in [1.165, 1.54) is 12.1 Å². The van der Waals surface area contributed by atoms with E-state index < -0.39 is 11.6 Å². The number of nitrogens with one attached hydrogen (secondary N) is 1. The maximum Gasteiger partial charge on any atom is 0.144 e. The Morgan fingerprint density at radius 1 is 1.26 bits per heavy atom. The molecule has 100 valence electrons. The zero-order valence-corrected chi connectivity index (χ0v) is 11.9. The quantitative estimate of drug-likeness (QED) is 0.860. The molecule has 1 heterocycles. The molecule has 0 aliphatic carbocycles. The zero-order valence-electron chi connectivity index (χ0n) is 10.3. The number of benzene rings is 1. The fraction of sp³-hybridized carbons (Fsp3) is 0.214. The largest absolute Gasteiger partial charge is 0.305 e. The molecule has 0 saturated carbocycles. The lowest BCUT2D eigenvalue weighted by Gasteiger charge is -2.14. The molecule has 2 rings (SSSR count). The van der Waals surface area contributed by atoms with Gasteiger partial charge in [0.25, 0.3) is 0 Å². The van der Waals surface area contributed by atoms with Crippen molar-refractivity contribution in [3.63, 3.8) is 0 Å². The molecular formula is C14H13BrF2N2. The Labute approximate surface area is 119 Å². The molecule has 0 spiro atoms. The van der Waals surface area contributed by atoms with Crippen LogP contribution in [0, 0.1) is 11.6 Å². The molecular weight excluding hydrogens is 314 g/mol. The monoisotopic (exact) mass is 326 g/mol. The minimum atomic E-state index is -0.569. The zero-order chi connectivity index (χ0) is 13.8. The Hall–Kier alpha value is -1.33. The normalized spacial score (nSPS) is 12.4. The number of halogens is 3. The van der Waals surface area contributed by atoms with Crippen LogP contribution in [0.2, 0.25) is 0 Å². The van der Waals surface area contributed by atoms with Gasteiger partial charge in [0.1, 0.15) is 11.6 Å². The van der Waals surface area contributed by atoms with Crippen molar-refractivity contribution in [2.24, 2.45) is 0 Å². The van der Waals surface area contributed by atoms with Crippen molar-refractivity contribution < 1.29 is 8.78 Å². The second-order valence-electron chi connectivity index (χ2n) is 4.18. The number of rotatable bonds is 4. The van der Waals surface area contributed by atoms with Crippen molar-refractivity contribution in [2.75, 3.05) is 0 Å². The summed E-state index contributed by atoms with van der Waals surface area (Å²) in [5, 5.41) is 3.06. The van der Waals surface area contributed by atoms with Gasteiger partial charge in [0, 0.05) is 24.3 Å². The number of hydrogen-bond acceptors (Lipinski definition) is 2. The second-order valence-corrected chi connectivity index (χ2v) is 5.03. The highest BCUT2D eigenvalue weighted by molar-refractivity contribution is 9.10. The molecule has 2 aromatic rings. The molecule has 0 bridgehead atoms. The Morgan fingerprint density at radius 2 is 2.05 bits per heavy atom. The molecule has 2 nitrogen and oxygen atoms in total. The maximum absolute atomic E-state index is 13.8. The third-order valence-electron chi connectivity index (χ3n) is 2.86. The predicted octanol–water partition coefficient (Wildman–Crippen LogP) is 3.97. The van der Waals surface area contributed by atoms with Crippen LogP contribution in [0.3, 0.4) is 0 Å². The Kier molecular flexibility index (Phi) is 4.61. The molecule has 1 aromatic carbocycles. The number of hydrogen-bond donors (Lipinski definition) is 1. The van der Waals surface area contributed by atoms with Crippen molar-refractivity contribution in [3.05, 3.63) is 63.9 Å². The van der Waals surface area contributed by atoms with E-state index in [2.05, 4.69) is 26.2 Å². The second kappa shape index (κ2) is 6.21. The molecule has 0 fully saturated rings. The van der Waals surface area contributed by atoms with Crippen molar-refractivity contribution in [1.82, 2.24) is 10.3 Å². The minimum Gasteiger partial charge on any atom is -0.305 e. The van der Waals surface area contributed by atoms with Gasteiger partial charge < -0.3 is 5.32 Å². The maximum atomic E-state index is 13.8. The fourth-order valence-electron chi connectivity index (χ4n) is 1.72. The van der Waals surface area contributed by atoms with Gasteiger partial charge in [-0.05, 0) is 47.1 Å². The number of aromatic nitrogens is 1. The third kappa shape index (κ3) is 3.36. The summed E-state index contributed by atoms with van der Waals surface area (Å²) in [6.07, 6.45) is 1.69. The van der Waals surface area contributed by atoms with E-state index in [1.807, 2.05) is 25.1 Å². The van der Waals surface area contributed by atoms with Crippen molar-refractivity contribution in [3.8, 4) is 0 Å². The van der Waals surface area contributed by atoms with E-state index >= 15 is 0 Å². The minimum absolute atomic E-state index is 0.0251. The first-order chi connectivity index (χ1) is 9.09. The first kappa shape index (κ1) is 14.1. The van der Waals surface area contributed by atoms with Crippen molar-refractivity contribution in [1.29, 1.82) is 0 Å². The van der Waals surface area contributed by atoms with Gasteiger partial charge >= 0.3 is 0 Å². The molecule has 0 saturated heterocycles. The van der Waals surface area contributed by atoms with Gasteiger partial charge in [-0.1, -0.05) is 6.07 Å². The standard InChI is InChI=1S/C14H13BrF2N2/c1-9(13-4-2-3-7-18-13)19-8-10-12(16)6-5-11(15)14(10)17/h2-7,9,19H,8H2,1H3/t9-/m0/s1. The molecule has 0 aliphatic rings. The summed E-state index contributed by atoms with van der Waals surface area (Å²) in [4.78, 5) is 4.19. The molecule has 0 unspecified atom stereocenters. The summed E-state index contributed by atoms with van der Waals surface area (Å²) in [7, 11) is 0. The van der Waals surface area contributed by atoms with E-state index in [4.69, 9.17) is 0 Å². The summed E-state index contributed by atoms with van der Waals surface area (Å²) in [5.41, 5.74) is 0.857. The van der Waals surface area contributed by atoms with E-state index in [-0.39, 0.29) is 22.6 Å². The molecule has 1 N–H and O–H groups in total. The Bertz CT molecular complexity index is 561. The van der Waals surface area contributed by atoms with Gasteiger partial charge in [-0.2, -0.15) is 0 Å². The van der Waals surface area contributed by atoms with E-state index in [9.17, 15) is 8.78 Å². The van der Waals surface area contributed by atoms with Gasteiger partial charge in [0.2, 0.25) is 0 Å². The van der Waals surface area contributed by atoms with Gasteiger partial charge in [-0.25, -0.2) is 8.78 Å². The lowest BCUT2D eigenvalue weighted by molar-refractivity contribution is 0.502. The van der Waals surface area contributed by atoms with Gasteiger partial charge in [0.05, 0.1) is 10.2 Å². The molecule has 19 heavy (non-hydrogen) atoms. The summed E-state index contributed by atoms with van der Waals surface area (Å²) in [6.45, 7) is 2.00. The smallest absolute Gasteiger partial charge is 0.144 e. The van der Waals surface area contributed by atoms with Crippen LogP contribution in [-0.2, 0) is 6.54 Å². The van der Waals surface area contributed by atoms with Crippen LogP contribution in [0.4, 0.5) is 8.78 Å². The molecule has 0 amide bonds. The van der Waals surface area contributed by atoms with Gasteiger partial charge in [0.15, 0.2) is 0 Å². The highest BCUT2D eigenvalue weighted by Gasteiger charge is 2.14. The lowest BCUT2D eigenvalue weighted by Crippen LogP contribution is -2.20. The predicted molar refractivity (Wildman–Crippen MR) is 73.5 cm³/mol. The van der Waals surface area contributed by atoms with Crippen LogP contribution in [0.15, 0.2) is 41.0 Å². The Morgan fingerprint density at radius 3 is 2.74 bits per heavy atom. The SMILES string of the molecule is C[C@H](NCc1c(F)ccc(Br)c1F)c1ccccn1. The molecule has 0 aliphatic heterocycles. The fourth-order valence-corrected chi connectivity index (χ4v) is 2.09. The van der Waals surface area contributed by atoms with Crippen LogP contribution in [-0.4, -0.2) is 4.98 Å². The molecule has 1 aromatic heterocycles. The highest BCUT2D eigenvalue weighted by atomic mass is 79.9. The number of pyridine rings is 1. The number of nitrogens with zero attached hydrogens (tertiary/aromatic N) is 1. The van der Waals surface area contributed by atoms with Crippen LogP contribution < -0.4 is 5.32 Å². The summed E-state index contributed by atoms with van der Waals surface area (Å²) in [6, 6.07) is 8.08. The topological polar surface area (TPSA) is 24.9 Å². The van der Waals surface area contributed by atoms with Crippen LogP contribution in [0.25, 0.3) is 0 Å². The lowest BCUT2D eigenvalue weighted by atomic mass is 10.1. The van der Waals surface area contributed by atoms with E-state index in [1.54, 1.807) is 6.20 Å². The molecule has 1 atom stereocenters. The van der Waals surface area contributed by atoms with Crippen molar-refractivity contribution in [2.45, 2.75) is 19.5 Å². The summed E-state index contributed by atoms with van der Waals surface area (Å²) < 4.78 is 27.6. The molecule has 0 radical (unpaired) electrons. The van der Waals surface area contributed by atoms with E-state index in [0.717, 1.165) is 5.69 Å². The van der Waals surface area contributed by atoms with Crippen molar-refractivity contribution >= 4 is 15.9 Å².